The van der Waals surface area contributed by atoms with E-state index in [0.717, 1.165) is 58.4 Å². The Labute approximate surface area is 192 Å². The van der Waals surface area contributed by atoms with Crippen molar-refractivity contribution >= 4 is 11.8 Å². The second kappa shape index (κ2) is 11.2. The molecule has 0 aromatic rings. The van der Waals surface area contributed by atoms with E-state index in [1.54, 1.807) is 0 Å². The average molecular weight is 450 g/mol. The van der Waals surface area contributed by atoms with Gasteiger partial charge in [-0.05, 0) is 70.5 Å². The third kappa shape index (κ3) is 6.20. The fourth-order valence-electron chi connectivity index (χ4n) is 5.92. The van der Waals surface area contributed by atoms with E-state index in [1.165, 1.54) is 12.8 Å². The third-order valence-electron chi connectivity index (χ3n) is 8.09. The molecule has 7 atom stereocenters. The molecule has 4 aliphatic rings. The molecule has 6 N–H and O–H groups in total. The lowest BCUT2D eigenvalue weighted by molar-refractivity contribution is -0.129. The highest BCUT2D eigenvalue weighted by Crippen LogP contribution is 2.33. The summed E-state index contributed by atoms with van der Waals surface area (Å²) in [5.74, 6) is 1.37. The second-order valence-electron chi connectivity index (χ2n) is 10.5. The summed E-state index contributed by atoms with van der Waals surface area (Å²) in [6.07, 6.45) is 8.43. The molecule has 0 aromatic carbocycles. The van der Waals surface area contributed by atoms with Gasteiger partial charge >= 0.3 is 0 Å². The number of nitrogens with zero attached hydrogens (tertiary/aromatic N) is 1. The van der Waals surface area contributed by atoms with Crippen LogP contribution >= 0.6 is 0 Å². The van der Waals surface area contributed by atoms with Crippen LogP contribution in [0.2, 0.25) is 0 Å². The van der Waals surface area contributed by atoms with Crippen LogP contribution in [0.3, 0.4) is 0 Å². The van der Waals surface area contributed by atoms with Gasteiger partial charge in [-0.15, -0.1) is 0 Å². The Hall–Kier alpha value is -1.26. The molecule has 9 heteroatoms. The summed E-state index contributed by atoms with van der Waals surface area (Å²) < 4.78 is 0. The first kappa shape index (κ1) is 23.9. The number of amides is 2. The van der Waals surface area contributed by atoms with Crippen molar-refractivity contribution in [3.05, 3.63) is 0 Å². The minimum atomic E-state index is -0.263. The zero-order valence-electron chi connectivity index (χ0n) is 19.8. The smallest absolute Gasteiger partial charge is 0.237 e. The molecule has 1 aliphatic carbocycles. The molecule has 182 valence electrons. The average Bonchev–Trinajstić information content (AvgIpc) is 3.46. The Morgan fingerprint density at radius 3 is 2.62 bits per heavy atom. The molecule has 0 spiro atoms. The zero-order chi connectivity index (χ0) is 22.5. The fraction of sp³-hybridized carbons (Fsp3) is 0.913. The molecule has 5 unspecified atom stereocenters. The van der Waals surface area contributed by atoms with Crippen LogP contribution in [0.15, 0.2) is 0 Å². The van der Waals surface area contributed by atoms with Gasteiger partial charge in [-0.3, -0.25) is 14.5 Å². The van der Waals surface area contributed by atoms with Crippen LogP contribution in [0.5, 0.6) is 0 Å². The summed E-state index contributed by atoms with van der Waals surface area (Å²) in [5.41, 5.74) is 6.57. The number of hydrogen-bond donors (Lipinski definition) is 6. The highest BCUT2D eigenvalue weighted by Gasteiger charge is 2.35. The van der Waals surface area contributed by atoms with E-state index in [2.05, 4.69) is 51.0 Å². The van der Waals surface area contributed by atoms with Crippen molar-refractivity contribution in [2.45, 2.75) is 82.6 Å². The van der Waals surface area contributed by atoms with Crippen LogP contribution in [0.1, 0.15) is 58.3 Å². The normalized spacial score (nSPS) is 37.2. The second-order valence-corrected chi connectivity index (χ2v) is 10.5. The number of hydrogen-bond acceptors (Lipinski definition) is 7. The van der Waals surface area contributed by atoms with Crippen LogP contribution in [0.25, 0.3) is 0 Å². The highest BCUT2D eigenvalue weighted by molar-refractivity contribution is 5.84. The molecule has 0 bridgehead atoms. The van der Waals surface area contributed by atoms with Crippen molar-refractivity contribution in [3.8, 4) is 0 Å². The standard InChI is InChI=1S/C23H43N7O2/c1-15(10-21-29-26-14-30(21)2)16-4-3-5-18(11-16)27-23(32)20-12-17(6-9-25-20)22(31)28-19-7-8-24-13-19/h15-21,24-26,29H,3-14H2,1-2H3,(H,27,32)(H,28,31)/t15-,16?,17?,18?,19+,20?,21?/m1/s1. The number of carbonyl (C=O) groups excluding carboxylic acids is 2. The minimum absolute atomic E-state index is 0.0729. The summed E-state index contributed by atoms with van der Waals surface area (Å²) >= 11 is 0. The molecule has 3 heterocycles. The van der Waals surface area contributed by atoms with E-state index in [-0.39, 0.29) is 35.9 Å². The molecule has 9 nitrogen and oxygen atoms in total. The lowest BCUT2D eigenvalue weighted by Crippen LogP contribution is -2.54. The van der Waals surface area contributed by atoms with Gasteiger partial charge in [-0.1, -0.05) is 19.8 Å². The first-order valence-corrected chi connectivity index (χ1v) is 12.7. The monoisotopic (exact) mass is 449 g/mol. The molecule has 32 heavy (non-hydrogen) atoms. The molecule has 0 radical (unpaired) electrons. The predicted molar refractivity (Wildman–Crippen MR) is 124 cm³/mol. The van der Waals surface area contributed by atoms with Gasteiger partial charge in [0, 0.05) is 24.5 Å². The van der Waals surface area contributed by atoms with Gasteiger partial charge in [0.15, 0.2) is 0 Å². The lowest BCUT2D eigenvalue weighted by Gasteiger charge is -2.36. The SMILES string of the molecule is C[C@H](CC1NNCN1C)C1CCCC(NC(=O)C2CC(C(=O)N[C@H]3CCNC3)CCN2)C1. The van der Waals surface area contributed by atoms with Crippen molar-refractivity contribution in [2.75, 3.05) is 33.4 Å². The summed E-state index contributed by atoms with van der Waals surface area (Å²) in [6.45, 7) is 5.78. The topological polar surface area (TPSA) is 110 Å². The zero-order valence-corrected chi connectivity index (χ0v) is 19.8. The summed E-state index contributed by atoms with van der Waals surface area (Å²) in [7, 11) is 2.14. The van der Waals surface area contributed by atoms with E-state index >= 15 is 0 Å². The van der Waals surface area contributed by atoms with Crippen molar-refractivity contribution in [1.29, 1.82) is 0 Å². The third-order valence-corrected chi connectivity index (χ3v) is 8.09. The maximum atomic E-state index is 13.0. The molecule has 1 saturated carbocycles. The Morgan fingerprint density at radius 1 is 1.03 bits per heavy atom. The van der Waals surface area contributed by atoms with E-state index in [0.29, 0.717) is 24.4 Å². The summed E-state index contributed by atoms with van der Waals surface area (Å²) in [6, 6.07) is 0.221. The van der Waals surface area contributed by atoms with Crippen LogP contribution in [0, 0.1) is 17.8 Å². The summed E-state index contributed by atoms with van der Waals surface area (Å²) in [4.78, 5) is 28.0. The quantitative estimate of drug-likeness (QED) is 0.321. The van der Waals surface area contributed by atoms with Crippen LogP contribution < -0.4 is 32.1 Å². The van der Waals surface area contributed by atoms with Crippen molar-refractivity contribution in [3.63, 3.8) is 0 Å². The first-order chi connectivity index (χ1) is 15.5. The molecule has 0 aromatic heterocycles. The fourth-order valence-corrected chi connectivity index (χ4v) is 5.92. The van der Waals surface area contributed by atoms with Crippen LogP contribution in [-0.4, -0.2) is 74.4 Å². The minimum Gasteiger partial charge on any atom is -0.352 e. The maximum Gasteiger partial charge on any atom is 0.237 e. The largest absolute Gasteiger partial charge is 0.352 e. The number of hydrazine groups is 1. The Balaban J connectivity index is 1.23. The number of carbonyl (C=O) groups is 2. The Kier molecular flexibility index (Phi) is 8.39. The number of piperidine rings is 1. The van der Waals surface area contributed by atoms with Gasteiger partial charge in [0.25, 0.3) is 0 Å². The van der Waals surface area contributed by atoms with Gasteiger partial charge in [0.05, 0.1) is 18.9 Å². The number of rotatable bonds is 7. The van der Waals surface area contributed by atoms with Gasteiger partial charge < -0.3 is 21.3 Å². The lowest BCUT2D eigenvalue weighted by atomic mass is 9.77. The number of nitrogens with one attached hydrogen (secondary N) is 6. The first-order valence-electron chi connectivity index (χ1n) is 12.7. The maximum absolute atomic E-state index is 13.0. The van der Waals surface area contributed by atoms with E-state index in [1.807, 2.05) is 0 Å². The van der Waals surface area contributed by atoms with E-state index in [4.69, 9.17) is 0 Å². The van der Waals surface area contributed by atoms with Gasteiger partial charge in [-0.25, -0.2) is 10.9 Å². The van der Waals surface area contributed by atoms with Crippen LogP contribution in [0.4, 0.5) is 0 Å². The summed E-state index contributed by atoms with van der Waals surface area (Å²) in [5, 5.41) is 13.1. The van der Waals surface area contributed by atoms with Gasteiger partial charge in [-0.2, -0.15) is 0 Å². The van der Waals surface area contributed by atoms with Gasteiger partial charge in [0.1, 0.15) is 0 Å². The molecule has 4 rings (SSSR count). The van der Waals surface area contributed by atoms with Crippen molar-refractivity contribution in [1.82, 2.24) is 37.0 Å². The highest BCUT2D eigenvalue weighted by atomic mass is 16.2. The molecular formula is C23H43N7O2. The molecule has 3 aliphatic heterocycles. The molecular weight excluding hydrogens is 406 g/mol. The van der Waals surface area contributed by atoms with Crippen molar-refractivity contribution in [2.24, 2.45) is 17.8 Å². The van der Waals surface area contributed by atoms with Crippen LogP contribution in [-0.2, 0) is 9.59 Å². The molecule has 2 amide bonds. The molecule has 4 fully saturated rings. The van der Waals surface area contributed by atoms with E-state index < -0.39 is 0 Å². The predicted octanol–water partition coefficient (Wildman–Crippen LogP) is -0.143. The Morgan fingerprint density at radius 2 is 1.88 bits per heavy atom. The Bertz CT molecular complexity index is 642. The van der Waals surface area contributed by atoms with E-state index in [9.17, 15) is 9.59 Å². The molecule has 3 saturated heterocycles. The van der Waals surface area contributed by atoms with Crippen molar-refractivity contribution < 1.29 is 9.59 Å². The van der Waals surface area contributed by atoms with Gasteiger partial charge in [0.2, 0.25) is 11.8 Å².